The maximum absolute atomic E-state index is 12.0. The van der Waals surface area contributed by atoms with E-state index in [0.29, 0.717) is 18.7 Å². The lowest BCUT2D eigenvalue weighted by atomic mass is 10.2. The van der Waals surface area contributed by atoms with Gasteiger partial charge >= 0.3 is 0 Å². The number of benzene rings is 1. The molecule has 1 aromatic rings. The maximum Gasteiger partial charge on any atom is 0.237 e. The summed E-state index contributed by atoms with van der Waals surface area (Å²) in [4.78, 5) is 13.3. The first-order valence-electron chi connectivity index (χ1n) is 6.10. The Morgan fingerprint density at radius 1 is 1.16 bits per heavy atom. The van der Waals surface area contributed by atoms with Crippen LogP contribution >= 0.6 is 15.9 Å². The lowest BCUT2D eigenvalue weighted by Gasteiger charge is -2.18. The molecule has 4 nitrogen and oxygen atoms in total. The lowest BCUT2D eigenvalue weighted by Crippen LogP contribution is -2.35. The first-order valence-corrected chi connectivity index (χ1v) is 8.72. The Morgan fingerprint density at radius 2 is 1.68 bits per heavy atom. The maximum atomic E-state index is 12.0. The minimum Gasteiger partial charge on any atom is -0.342 e. The van der Waals surface area contributed by atoms with Crippen LogP contribution in [-0.4, -0.2) is 38.1 Å². The number of amides is 1. The molecule has 0 spiro atoms. The van der Waals surface area contributed by atoms with Gasteiger partial charge in [0.15, 0.2) is 9.84 Å². The van der Waals surface area contributed by atoms with Gasteiger partial charge in [-0.3, -0.25) is 4.79 Å². The van der Waals surface area contributed by atoms with E-state index >= 15 is 0 Å². The smallest absolute Gasteiger partial charge is 0.237 e. The third kappa shape index (κ3) is 5.32. The molecule has 0 aliphatic heterocycles. The van der Waals surface area contributed by atoms with Crippen molar-refractivity contribution in [1.82, 2.24) is 4.90 Å². The highest BCUT2D eigenvalue weighted by Gasteiger charge is 2.20. The SMILES string of the molecule is CCN(CC)C(=O)CS(=O)(=O)Cc1ccc(Br)cc1. The molecule has 1 rings (SSSR count). The Morgan fingerprint density at radius 3 is 2.16 bits per heavy atom. The van der Waals surface area contributed by atoms with Crippen molar-refractivity contribution in [3.63, 3.8) is 0 Å². The summed E-state index contributed by atoms with van der Waals surface area (Å²) in [6.45, 7) is 4.73. The second-order valence-electron chi connectivity index (χ2n) is 4.22. The van der Waals surface area contributed by atoms with Crippen molar-refractivity contribution in [2.24, 2.45) is 0 Å². The number of rotatable bonds is 6. The normalized spacial score (nSPS) is 11.3. The Kier molecular flexibility index (Phi) is 6.00. The van der Waals surface area contributed by atoms with E-state index in [1.807, 2.05) is 13.8 Å². The fourth-order valence-corrected chi connectivity index (χ4v) is 3.37. The number of sulfone groups is 1. The minimum absolute atomic E-state index is 0.104. The summed E-state index contributed by atoms with van der Waals surface area (Å²) in [7, 11) is -3.42. The topological polar surface area (TPSA) is 54.5 Å². The van der Waals surface area contributed by atoms with Crippen molar-refractivity contribution in [3.8, 4) is 0 Å². The molecule has 0 heterocycles. The molecule has 0 N–H and O–H groups in total. The quantitative estimate of drug-likeness (QED) is 0.792. The Balaban J connectivity index is 2.71. The van der Waals surface area contributed by atoms with Crippen LogP contribution in [0.4, 0.5) is 0 Å². The van der Waals surface area contributed by atoms with Gasteiger partial charge in [-0.2, -0.15) is 0 Å². The van der Waals surface area contributed by atoms with Crippen molar-refractivity contribution < 1.29 is 13.2 Å². The van der Waals surface area contributed by atoms with Gasteiger partial charge in [-0.05, 0) is 31.5 Å². The minimum atomic E-state index is -3.42. The van der Waals surface area contributed by atoms with Crippen LogP contribution in [0.1, 0.15) is 19.4 Å². The molecule has 0 bridgehead atoms. The van der Waals surface area contributed by atoms with Gasteiger partial charge < -0.3 is 4.90 Å². The summed E-state index contributed by atoms with van der Waals surface area (Å²) in [5.74, 6) is -0.861. The van der Waals surface area contributed by atoms with E-state index in [9.17, 15) is 13.2 Å². The fourth-order valence-electron chi connectivity index (χ4n) is 1.74. The van der Waals surface area contributed by atoms with E-state index in [1.165, 1.54) is 4.90 Å². The van der Waals surface area contributed by atoms with E-state index < -0.39 is 15.6 Å². The summed E-state index contributed by atoms with van der Waals surface area (Å²) in [5, 5.41) is 0. The molecule has 0 saturated carbocycles. The second kappa shape index (κ2) is 7.05. The highest BCUT2D eigenvalue weighted by molar-refractivity contribution is 9.10. The number of carbonyl (C=O) groups is 1. The molecule has 0 radical (unpaired) electrons. The summed E-state index contributed by atoms with van der Waals surface area (Å²) < 4.78 is 24.8. The predicted octanol–water partition coefficient (Wildman–Crippen LogP) is 2.23. The van der Waals surface area contributed by atoms with Crippen LogP contribution in [0.15, 0.2) is 28.7 Å². The molecular formula is C13H18BrNO3S. The van der Waals surface area contributed by atoms with Gasteiger partial charge in [-0.15, -0.1) is 0 Å². The third-order valence-electron chi connectivity index (χ3n) is 2.76. The van der Waals surface area contributed by atoms with Gasteiger partial charge in [0.2, 0.25) is 5.91 Å². The van der Waals surface area contributed by atoms with E-state index in [-0.39, 0.29) is 11.7 Å². The van der Waals surface area contributed by atoms with Gasteiger partial charge in [0.1, 0.15) is 5.75 Å². The Labute approximate surface area is 122 Å². The summed E-state index contributed by atoms with van der Waals surface area (Å²) >= 11 is 3.29. The molecule has 0 atom stereocenters. The van der Waals surface area contributed by atoms with E-state index in [1.54, 1.807) is 24.3 Å². The monoisotopic (exact) mass is 347 g/mol. The van der Waals surface area contributed by atoms with Crippen LogP contribution < -0.4 is 0 Å². The molecule has 0 aliphatic rings. The second-order valence-corrected chi connectivity index (χ2v) is 7.20. The van der Waals surface area contributed by atoms with Crippen molar-refractivity contribution in [2.75, 3.05) is 18.8 Å². The van der Waals surface area contributed by atoms with Crippen LogP contribution in [-0.2, 0) is 20.4 Å². The number of hydrogen-bond acceptors (Lipinski definition) is 3. The summed E-state index contributed by atoms with van der Waals surface area (Å²) in [5.41, 5.74) is 0.690. The number of halogens is 1. The van der Waals surface area contributed by atoms with E-state index in [0.717, 1.165) is 4.47 Å². The molecule has 6 heteroatoms. The number of carbonyl (C=O) groups excluding carboxylic acids is 1. The van der Waals surface area contributed by atoms with Crippen LogP contribution in [0.3, 0.4) is 0 Å². The average Bonchev–Trinajstić information content (AvgIpc) is 2.32. The van der Waals surface area contributed by atoms with E-state index in [4.69, 9.17) is 0 Å². The van der Waals surface area contributed by atoms with Gasteiger partial charge in [0.25, 0.3) is 0 Å². The summed E-state index contributed by atoms with van der Waals surface area (Å²) in [6.07, 6.45) is 0. The van der Waals surface area contributed by atoms with Gasteiger partial charge in [0.05, 0.1) is 5.75 Å². The van der Waals surface area contributed by atoms with Crippen molar-refractivity contribution in [2.45, 2.75) is 19.6 Å². The highest BCUT2D eigenvalue weighted by atomic mass is 79.9. The fraction of sp³-hybridized carbons (Fsp3) is 0.462. The van der Waals surface area contributed by atoms with Crippen molar-refractivity contribution in [1.29, 1.82) is 0 Å². The van der Waals surface area contributed by atoms with Gasteiger partial charge in [-0.1, -0.05) is 28.1 Å². The highest BCUT2D eigenvalue weighted by Crippen LogP contribution is 2.13. The molecule has 1 aromatic carbocycles. The zero-order valence-electron chi connectivity index (χ0n) is 11.1. The van der Waals surface area contributed by atoms with Crippen molar-refractivity contribution in [3.05, 3.63) is 34.3 Å². The largest absolute Gasteiger partial charge is 0.342 e. The molecule has 19 heavy (non-hydrogen) atoms. The molecule has 0 fully saturated rings. The zero-order valence-corrected chi connectivity index (χ0v) is 13.5. The van der Waals surface area contributed by atoms with Crippen LogP contribution in [0.25, 0.3) is 0 Å². The van der Waals surface area contributed by atoms with Gasteiger partial charge in [-0.25, -0.2) is 8.42 Å². The first kappa shape index (κ1) is 16.2. The van der Waals surface area contributed by atoms with Gasteiger partial charge in [0, 0.05) is 17.6 Å². The summed E-state index contributed by atoms with van der Waals surface area (Å²) in [6, 6.07) is 7.06. The third-order valence-corrected chi connectivity index (χ3v) is 4.75. The molecule has 0 saturated heterocycles. The van der Waals surface area contributed by atoms with Crippen LogP contribution in [0.5, 0.6) is 0 Å². The van der Waals surface area contributed by atoms with Crippen molar-refractivity contribution >= 4 is 31.7 Å². The molecular weight excluding hydrogens is 330 g/mol. The standard InChI is InChI=1S/C13H18BrNO3S/c1-3-15(4-2)13(16)10-19(17,18)9-11-5-7-12(14)8-6-11/h5-8H,3-4,9-10H2,1-2H3. The zero-order chi connectivity index (χ0) is 14.5. The number of nitrogens with zero attached hydrogens (tertiary/aromatic N) is 1. The van der Waals surface area contributed by atoms with Crippen LogP contribution in [0, 0.1) is 0 Å². The molecule has 0 aromatic heterocycles. The Bertz CT molecular complexity index is 521. The number of hydrogen-bond donors (Lipinski definition) is 0. The predicted molar refractivity (Wildman–Crippen MR) is 79.6 cm³/mol. The molecule has 0 unspecified atom stereocenters. The van der Waals surface area contributed by atoms with Crippen LogP contribution in [0.2, 0.25) is 0 Å². The van der Waals surface area contributed by atoms with E-state index in [2.05, 4.69) is 15.9 Å². The first-order chi connectivity index (χ1) is 8.88. The Hall–Kier alpha value is -0.880. The molecule has 0 aliphatic carbocycles. The average molecular weight is 348 g/mol. The molecule has 106 valence electrons. The lowest BCUT2D eigenvalue weighted by molar-refractivity contribution is -0.128. The molecule has 1 amide bonds.